The molecule has 0 aliphatic heterocycles. The lowest BCUT2D eigenvalue weighted by Gasteiger charge is -2.28. The molecule has 5 rings (SSSR count). The van der Waals surface area contributed by atoms with E-state index in [2.05, 4.69) is 4.98 Å². The van der Waals surface area contributed by atoms with Crippen LogP contribution >= 0.6 is 11.8 Å². The first-order valence-corrected chi connectivity index (χ1v) is 14.2. The van der Waals surface area contributed by atoms with Crippen LogP contribution in [0.3, 0.4) is 0 Å². The van der Waals surface area contributed by atoms with Gasteiger partial charge in [0.05, 0.1) is 24.8 Å². The Morgan fingerprint density at radius 1 is 1.02 bits per heavy atom. The van der Waals surface area contributed by atoms with Gasteiger partial charge in [-0.3, -0.25) is 9.59 Å². The molecule has 0 radical (unpaired) electrons. The predicted octanol–water partition coefficient (Wildman–Crippen LogP) is 7.47. The van der Waals surface area contributed by atoms with E-state index in [1.165, 1.54) is 0 Å². The van der Waals surface area contributed by atoms with Gasteiger partial charge in [-0.05, 0) is 78.1 Å². The average Bonchev–Trinajstić information content (AvgIpc) is 3.31. The molecule has 1 aromatic heterocycles. The average molecular weight is 708 g/mol. The molecule has 3 aromatic carbocycles. The van der Waals surface area contributed by atoms with Crippen molar-refractivity contribution in [2.45, 2.75) is 63.5 Å². The van der Waals surface area contributed by atoms with Gasteiger partial charge in [0.2, 0.25) is 5.91 Å². The third kappa shape index (κ3) is 8.73. The van der Waals surface area contributed by atoms with Gasteiger partial charge in [0, 0.05) is 54.3 Å². The van der Waals surface area contributed by atoms with Crippen LogP contribution in [0.5, 0.6) is 0 Å². The number of hydrogen-bond acceptors (Lipinski definition) is 5. The van der Waals surface area contributed by atoms with Crippen LogP contribution in [-0.4, -0.2) is 51.2 Å². The number of aromatic nitrogens is 2. The zero-order valence-corrected chi connectivity index (χ0v) is 25.7. The number of alkyl halides is 3. The molecule has 0 fully saturated rings. The van der Waals surface area contributed by atoms with Crippen molar-refractivity contribution in [3.05, 3.63) is 117 Å². The molecule has 4 aromatic rings. The molecule has 0 saturated carbocycles. The highest BCUT2D eigenvalue weighted by atomic mass is 32.2. The van der Waals surface area contributed by atoms with E-state index in [0.717, 1.165) is 24.3 Å². The summed E-state index contributed by atoms with van der Waals surface area (Å²) in [7, 11) is 0. The third-order valence-electron chi connectivity index (χ3n) is 5.92. The number of likely N-dealkylation sites (N-methyl/N-ethyl adjacent to an activating group) is 1. The summed E-state index contributed by atoms with van der Waals surface area (Å²) in [6.07, 6.45) is -12.9. The molecule has 0 N–H and O–H groups in total. The monoisotopic (exact) mass is 707 g/mol. The summed E-state index contributed by atoms with van der Waals surface area (Å²) in [5, 5.41) is -1.51. The smallest absolute Gasteiger partial charge is 0.336 e. The zero-order chi connectivity index (χ0) is 58.4. The van der Waals surface area contributed by atoms with Crippen LogP contribution in [0.4, 0.5) is 17.6 Å². The number of carbonyl (C=O) groups excluding carboxylic acids is 1. The van der Waals surface area contributed by atoms with Crippen LogP contribution in [0.25, 0.3) is 11.1 Å². The van der Waals surface area contributed by atoms with Crippen molar-refractivity contribution in [1.29, 1.82) is 0 Å². The molecule has 1 unspecified atom stereocenters. The van der Waals surface area contributed by atoms with E-state index in [1.807, 2.05) is 0 Å². The summed E-state index contributed by atoms with van der Waals surface area (Å²) in [4.78, 5) is 31.2. The van der Waals surface area contributed by atoms with Gasteiger partial charge in [0.15, 0.2) is 5.16 Å². The zero-order valence-electron chi connectivity index (χ0n) is 51.8. The molecule has 0 spiro atoms. The first-order valence-electron chi connectivity index (χ1n) is 26.9. The van der Waals surface area contributed by atoms with Gasteiger partial charge in [-0.2, -0.15) is 18.2 Å². The molecule has 1 amide bonds. The van der Waals surface area contributed by atoms with Gasteiger partial charge in [-0.25, -0.2) is 4.39 Å². The number of rotatable bonds is 13. The van der Waals surface area contributed by atoms with E-state index in [-0.39, 0.29) is 11.8 Å². The maximum Gasteiger partial charge on any atom is 0.416 e. The molecule has 1 aliphatic carbocycles. The Kier molecular flexibility index (Phi) is 4.68. The fraction of sp³-hybridized carbons (Fsp3) is 0.378. The van der Waals surface area contributed by atoms with Gasteiger partial charge >= 0.3 is 6.18 Å². The number of nitrogens with zero attached hydrogens (tertiary/aromatic N) is 4. The summed E-state index contributed by atoms with van der Waals surface area (Å²) in [5.41, 5.74) is -15.5. The van der Waals surface area contributed by atoms with Gasteiger partial charge in [0.25, 0.3) is 5.56 Å². The number of carbonyl (C=O) groups is 1. The van der Waals surface area contributed by atoms with E-state index >= 15 is 4.79 Å². The van der Waals surface area contributed by atoms with Crippen molar-refractivity contribution >= 4 is 17.7 Å². The lowest BCUT2D eigenvalue weighted by molar-refractivity contribution is -0.137. The van der Waals surface area contributed by atoms with Crippen molar-refractivity contribution in [1.82, 2.24) is 19.4 Å². The topological polar surface area (TPSA) is 58.4 Å². The molecule has 254 valence electrons. The maximum absolute atomic E-state index is 15.6. The standard InChI is InChI=1S/C37H40F4N4O2S/c1-4-43(5-2)18-19-44(22-26-6-10-28(11-7-26)29-12-14-30(15-13-29)37(39,40)41)34(46)23-45-33-21-25(3)20-32(33)35(47)42-36(45)48-24-27-8-16-31(38)17-9-27/h6-17,25H,4-5,18-24H2,1-3H3/i4D2,5D2,6D,7D,10D,11D,12D,13D,14D,15D,18D2,19D2,20D2,21D2,22D2,23D2,24D2,25D. The Hall–Kier alpha value is -3.96. The lowest BCUT2D eigenvalue weighted by atomic mass is 10.0. The second kappa shape index (κ2) is 15.5. The van der Waals surface area contributed by atoms with E-state index in [1.54, 1.807) is 0 Å². The Morgan fingerprint density at radius 3 is 2.25 bits per heavy atom. The molecular weight excluding hydrogens is 640 g/mol. The van der Waals surface area contributed by atoms with E-state index in [0.29, 0.717) is 20.8 Å². The molecule has 1 aliphatic rings. The van der Waals surface area contributed by atoms with Gasteiger partial charge in [0.1, 0.15) is 12.3 Å². The van der Waals surface area contributed by atoms with Gasteiger partial charge in [-0.1, -0.05) is 80.9 Å². The largest absolute Gasteiger partial charge is 0.416 e. The van der Waals surface area contributed by atoms with Crippen molar-refractivity contribution in [2.24, 2.45) is 5.89 Å². The quantitative estimate of drug-likeness (QED) is 0.0821. The number of thioether (sulfide) groups is 1. The van der Waals surface area contributed by atoms with Crippen molar-refractivity contribution in [3.63, 3.8) is 0 Å². The van der Waals surface area contributed by atoms with Crippen molar-refractivity contribution in [2.75, 3.05) is 26.0 Å². The van der Waals surface area contributed by atoms with Crippen molar-refractivity contribution < 1.29 is 59.4 Å². The number of amides is 1. The molecule has 11 heteroatoms. The lowest BCUT2D eigenvalue weighted by Crippen LogP contribution is -2.40. The van der Waals surface area contributed by atoms with Crippen LogP contribution in [0, 0.1) is 11.7 Å². The van der Waals surface area contributed by atoms with Crippen LogP contribution in [0.15, 0.2) is 82.6 Å². The van der Waals surface area contributed by atoms with E-state index < -0.39 is 194 Å². The second-order valence-electron chi connectivity index (χ2n) is 9.21. The number of benzene rings is 3. The molecular formula is C37H40F4N4O2S. The molecule has 0 saturated heterocycles. The molecule has 1 heterocycles. The Morgan fingerprint density at radius 2 is 1.65 bits per heavy atom. The molecule has 0 bridgehead atoms. The first-order chi connectivity index (χ1) is 33.3. The molecule has 6 nitrogen and oxygen atoms in total. The molecule has 1 atom stereocenters. The fourth-order valence-electron chi connectivity index (χ4n) is 3.71. The Labute approximate surface area is 320 Å². The normalized spacial score (nSPS) is 28.3. The minimum absolute atomic E-state index is 0.385. The Balaban J connectivity index is 2.00. The molecule has 48 heavy (non-hydrogen) atoms. The fourth-order valence-corrected chi connectivity index (χ4v) is 4.41. The second-order valence-corrected chi connectivity index (χ2v) is 9.99. The summed E-state index contributed by atoms with van der Waals surface area (Å²) in [6, 6.07) is -10.8. The highest BCUT2D eigenvalue weighted by Gasteiger charge is 2.30. The predicted molar refractivity (Wildman–Crippen MR) is 181 cm³/mol. The summed E-state index contributed by atoms with van der Waals surface area (Å²) >= 11 is -0.385. The number of halogens is 4. The highest BCUT2D eigenvalue weighted by Crippen LogP contribution is 2.32. The van der Waals surface area contributed by atoms with Crippen LogP contribution in [0.2, 0.25) is 0 Å². The number of fused-ring (bicyclic) bond motifs is 1. The first kappa shape index (κ1) is 14.5. The summed E-state index contributed by atoms with van der Waals surface area (Å²) in [6.45, 7) is -24.4. The summed E-state index contributed by atoms with van der Waals surface area (Å²) in [5.74, 6) is -7.13. The minimum Gasteiger partial charge on any atom is -0.336 e. The van der Waals surface area contributed by atoms with E-state index in [9.17, 15) is 30.6 Å². The van der Waals surface area contributed by atoms with Crippen LogP contribution in [0.1, 0.15) is 85.7 Å². The Bertz CT molecular complexity index is 2990. The third-order valence-corrected chi connectivity index (χ3v) is 6.72. The van der Waals surface area contributed by atoms with Crippen molar-refractivity contribution in [3.8, 4) is 11.1 Å². The maximum atomic E-state index is 15.6. The number of hydrogen-bond donors (Lipinski definition) is 0. The van der Waals surface area contributed by atoms with Gasteiger partial charge in [-0.15, -0.1) is 0 Å². The van der Waals surface area contributed by atoms with Crippen LogP contribution < -0.4 is 5.56 Å². The van der Waals surface area contributed by atoms with Gasteiger partial charge < -0.3 is 14.4 Å². The van der Waals surface area contributed by atoms with E-state index in [4.69, 9.17) is 28.8 Å². The SMILES string of the molecule is [2H]c1c([2H])c(C(F)(F)F)c([2H])c([2H])c1-c1c([2H])c([2H])c(C([2H])([2H])N(C(=O)C([2H])([2H])n2c(SC([2H])([2H])c3ccc(F)cc3)nc(=O)c3c2C([2H])([2H])C([2H])(C)C3([2H])[2H])C([2H])([2H])C([2H])([2H])N(C([2H])([2H])C)C([2H])([2H])C)c([2H])c1[2H]. The highest BCUT2D eigenvalue weighted by molar-refractivity contribution is 7.98. The summed E-state index contributed by atoms with van der Waals surface area (Å²) < 4.78 is 293. The minimum atomic E-state index is -5.55. The van der Waals surface area contributed by atoms with Crippen LogP contribution in [-0.2, 0) is 42.4 Å².